The molecule has 0 radical (unpaired) electrons. The highest BCUT2D eigenvalue weighted by molar-refractivity contribution is 4.97. The molecule has 0 heterocycles. The molecule has 13 heavy (non-hydrogen) atoms. The third-order valence-corrected chi connectivity index (χ3v) is 4.14. The molecule has 1 aliphatic carbocycles. The largest absolute Gasteiger partial charge is 0.389 e. The Labute approximate surface area is 82.5 Å². The first kappa shape index (κ1) is 11.0. The van der Waals surface area contributed by atoms with Crippen LogP contribution in [0.25, 0.3) is 0 Å². The second-order valence-electron chi connectivity index (χ2n) is 4.90. The van der Waals surface area contributed by atoms with Crippen LogP contribution in [0.2, 0.25) is 0 Å². The van der Waals surface area contributed by atoms with Gasteiger partial charge in [-0.05, 0) is 31.1 Å². The predicted octanol–water partition coefficient (Wildman–Crippen LogP) is 3.51. The Kier molecular flexibility index (Phi) is 3.39. The highest BCUT2D eigenvalue weighted by Crippen LogP contribution is 2.48. The van der Waals surface area contributed by atoms with Crippen molar-refractivity contribution in [3.63, 3.8) is 0 Å². The van der Waals surface area contributed by atoms with Crippen LogP contribution in [0.1, 0.15) is 65.7 Å². The molecule has 1 heteroatoms. The lowest BCUT2D eigenvalue weighted by Gasteiger charge is -2.48. The Morgan fingerprint density at radius 3 is 2.31 bits per heavy atom. The van der Waals surface area contributed by atoms with E-state index in [0.29, 0.717) is 0 Å². The van der Waals surface area contributed by atoms with E-state index in [1.807, 2.05) is 0 Å². The molecule has 78 valence electrons. The molecule has 0 bridgehead atoms. The highest BCUT2D eigenvalue weighted by atomic mass is 16.3. The van der Waals surface area contributed by atoms with Crippen LogP contribution >= 0.6 is 0 Å². The SMILES string of the molecule is CCCC1(O)CCCCC1(C)CC. The van der Waals surface area contributed by atoms with Crippen LogP contribution in [-0.2, 0) is 0 Å². The van der Waals surface area contributed by atoms with Crippen LogP contribution in [0.4, 0.5) is 0 Å². The molecule has 1 N–H and O–H groups in total. The molecule has 2 atom stereocenters. The fourth-order valence-corrected chi connectivity index (χ4v) is 2.81. The first-order chi connectivity index (χ1) is 6.08. The van der Waals surface area contributed by atoms with E-state index in [4.69, 9.17) is 0 Å². The van der Waals surface area contributed by atoms with E-state index >= 15 is 0 Å². The van der Waals surface area contributed by atoms with Crippen molar-refractivity contribution in [2.24, 2.45) is 5.41 Å². The predicted molar refractivity (Wildman–Crippen MR) is 56.7 cm³/mol. The fraction of sp³-hybridized carbons (Fsp3) is 1.00. The maximum absolute atomic E-state index is 10.6. The Balaban J connectivity index is 2.76. The first-order valence-electron chi connectivity index (χ1n) is 5.80. The van der Waals surface area contributed by atoms with Crippen molar-refractivity contribution in [1.29, 1.82) is 0 Å². The second kappa shape index (κ2) is 4.00. The Morgan fingerprint density at radius 1 is 1.15 bits per heavy atom. The summed E-state index contributed by atoms with van der Waals surface area (Å²) in [6.07, 6.45) is 7.95. The lowest BCUT2D eigenvalue weighted by Crippen LogP contribution is -2.48. The van der Waals surface area contributed by atoms with Gasteiger partial charge in [-0.3, -0.25) is 0 Å². The van der Waals surface area contributed by atoms with Crippen LogP contribution in [-0.4, -0.2) is 10.7 Å². The molecule has 0 spiro atoms. The maximum atomic E-state index is 10.6. The lowest BCUT2D eigenvalue weighted by molar-refractivity contribution is -0.113. The molecule has 0 aromatic rings. The van der Waals surface area contributed by atoms with Gasteiger partial charge in [-0.2, -0.15) is 0 Å². The summed E-state index contributed by atoms with van der Waals surface area (Å²) in [6, 6.07) is 0. The van der Waals surface area contributed by atoms with Crippen molar-refractivity contribution in [3.8, 4) is 0 Å². The van der Waals surface area contributed by atoms with Crippen LogP contribution in [0.5, 0.6) is 0 Å². The topological polar surface area (TPSA) is 20.2 Å². The van der Waals surface area contributed by atoms with Crippen molar-refractivity contribution < 1.29 is 5.11 Å². The van der Waals surface area contributed by atoms with Gasteiger partial charge in [0, 0.05) is 0 Å². The fourth-order valence-electron chi connectivity index (χ4n) is 2.81. The van der Waals surface area contributed by atoms with E-state index in [2.05, 4.69) is 20.8 Å². The minimum absolute atomic E-state index is 0.182. The number of hydrogen-bond acceptors (Lipinski definition) is 1. The number of aliphatic hydroxyl groups is 1. The van der Waals surface area contributed by atoms with Gasteiger partial charge in [0.05, 0.1) is 5.60 Å². The van der Waals surface area contributed by atoms with Gasteiger partial charge in [0.25, 0.3) is 0 Å². The van der Waals surface area contributed by atoms with Crippen LogP contribution in [0, 0.1) is 5.41 Å². The summed E-state index contributed by atoms with van der Waals surface area (Å²) in [5, 5.41) is 10.6. The number of hydrogen-bond donors (Lipinski definition) is 1. The average Bonchev–Trinajstić information content (AvgIpc) is 2.11. The van der Waals surface area contributed by atoms with Gasteiger partial charge in [0.1, 0.15) is 0 Å². The molecular formula is C12H24O. The summed E-state index contributed by atoms with van der Waals surface area (Å²) >= 11 is 0. The van der Waals surface area contributed by atoms with Crippen LogP contribution in [0.15, 0.2) is 0 Å². The molecule has 1 nitrogen and oxygen atoms in total. The molecule has 1 saturated carbocycles. The van der Waals surface area contributed by atoms with Gasteiger partial charge >= 0.3 is 0 Å². The smallest absolute Gasteiger partial charge is 0.0700 e. The zero-order chi connectivity index (χ0) is 9.95. The van der Waals surface area contributed by atoms with E-state index in [9.17, 15) is 5.11 Å². The molecular weight excluding hydrogens is 160 g/mol. The summed E-state index contributed by atoms with van der Waals surface area (Å²) in [5.74, 6) is 0. The monoisotopic (exact) mass is 184 g/mol. The minimum atomic E-state index is -0.366. The van der Waals surface area contributed by atoms with E-state index in [-0.39, 0.29) is 11.0 Å². The van der Waals surface area contributed by atoms with Gasteiger partial charge in [0.15, 0.2) is 0 Å². The standard InChI is InChI=1S/C12H24O/c1-4-8-12(13)10-7-6-9-11(12,3)5-2/h13H,4-10H2,1-3H3. The Bertz CT molecular complexity index is 163. The normalized spacial score (nSPS) is 40.6. The van der Waals surface area contributed by atoms with Gasteiger partial charge in [0.2, 0.25) is 0 Å². The summed E-state index contributed by atoms with van der Waals surface area (Å²) in [7, 11) is 0. The van der Waals surface area contributed by atoms with E-state index < -0.39 is 0 Å². The minimum Gasteiger partial charge on any atom is -0.389 e. The highest BCUT2D eigenvalue weighted by Gasteiger charge is 2.45. The van der Waals surface area contributed by atoms with E-state index in [0.717, 1.165) is 25.7 Å². The van der Waals surface area contributed by atoms with Crippen molar-refractivity contribution in [2.75, 3.05) is 0 Å². The van der Waals surface area contributed by atoms with Crippen molar-refractivity contribution >= 4 is 0 Å². The molecule has 1 rings (SSSR count). The molecule has 0 amide bonds. The number of rotatable bonds is 3. The molecule has 0 saturated heterocycles. The summed E-state index contributed by atoms with van der Waals surface area (Å²) in [5.41, 5.74) is -0.185. The van der Waals surface area contributed by atoms with Crippen LogP contribution in [0.3, 0.4) is 0 Å². The third-order valence-electron chi connectivity index (χ3n) is 4.14. The summed E-state index contributed by atoms with van der Waals surface area (Å²) in [6.45, 7) is 6.65. The van der Waals surface area contributed by atoms with Crippen molar-refractivity contribution in [3.05, 3.63) is 0 Å². The molecule has 1 fully saturated rings. The maximum Gasteiger partial charge on any atom is 0.0700 e. The van der Waals surface area contributed by atoms with Gasteiger partial charge < -0.3 is 5.11 Å². The van der Waals surface area contributed by atoms with E-state index in [1.54, 1.807) is 0 Å². The second-order valence-corrected chi connectivity index (χ2v) is 4.90. The molecule has 1 aliphatic rings. The van der Waals surface area contributed by atoms with Crippen LogP contribution < -0.4 is 0 Å². The summed E-state index contributed by atoms with van der Waals surface area (Å²) in [4.78, 5) is 0. The molecule has 2 unspecified atom stereocenters. The summed E-state index contributed by atoms with van der Waals surface area (Å²) < 4.78 is 0. The first-order valence-corrected chi connectivity index (χ1v) is 5.80. The van der Waals surface area contributed by atoms with Gasteiger partial charge in [-0.15, -0.1) is 0 Å². The molecule has 0 aliphatic heterocycles. The Hall–Kier alpha value is -0.0400. The zero-order valence-electron chi connectivity index (χ0n) is 9.40. The zero-order valence-corrected chi connectivity index (χ0v) is 9.40. The quantitative estimate of drug-likeness (QED) is 0.711. The third kappa shape index (κ3) is 1.90. The van der Waals surface area contributed by atoms with Crippen molar-refractivity contribution in [2.45, 2.75) is 71.3 Å². The van der Waals surface area contributed by atoms with E-state index in [1.165, 1.54) is 19.3 Å². The molecule has 0 aromatic heterocycles. The lowest BCUT2D eigenvalue weighted by atomic mass is 9.61. The van der Waals surface area contributed by atoms with Crippen molar-refractivity contribution in [1.82, 2.24) is 0 Å². The van der Waals surface area contributed by atoms with Gasteiger partial charge in [-0.25, -0.2) is 0 Å². The molecule has 0 aromatic carbocycles. The average molecular weight is 184 g/mol. The Morgan fingerprint density at radius 2 is 1.77 bits per heavy atom. The van der Waals surface area contributed by atoms with Gasteiger partial charge in [-0.1, -0.05) is 40.0 Å².